The van der Waals surface area contributed by atoms with E-state index in [1.807, 2.05) is 6.92 Å². The van der Waals surface area contributed by atoms with Gasteiger partial charge in [0, 0.05) is 38.3 Å². The Morgan fingerprint density at radius 2 is 0.850 bits per heavy atom. The van der Waals surface area contributed by atoms with Crippen LogP contribution in [0.4, 0.5) is 0 Å². The van der Waals surface area contributed by atoms with Crippen molar-refractivity contribution in [1.29, 1.82) is 0 Å². The molecule has 0 saturated carbocycles. The molecule has 0 aromatic heterocycles. The molecule has 0 spiro atoms. The number of hydrogen-bond donors (Lipinski definition) is 1. The number of rotatable bonds is 11. The van der Waals surface area contributed by atoms with Gasteiger partial charge in [0.25, 0.3) is 0 Å². The summed E-state index contributed by atoms with van der Waals surface area (Å²) in [5, 5.41) is 3.10. The van der Waals surface area contributed by atoms with E-state index in [4.69, 9.17) is 4.74 Å². The Morgan fingerprint density at radius 1 is 0.575 bits per heavy atom. The van der Waals surface area contributed by atoms with E-state index in [1.165, 1.54) is 12.8 Å². The number of esters is 2. The number of allylic oxidation sites excluding steroid dienone is 1. The molecule has 0 aromatic carbocycles. The lowest BCUT2D eigenvalue weighted by molar-refractivity contribution is -0.166. The van der Waals surface area contributed by atoms with E-state index in [0.717, 1.165) is 38.3 Å². The van der Waals surface area contributed by atoms with Crippen molar-refractivity contribution in [3.05, 3.63) is 12.3 Å². The predicted molar refractivity (Wildman–Crippen MR) is 199 cm³/mol. The quantitative estimate of drug-likeness (QED) is 0.145. The summed E-state index contributed by atoms with van der Waals surface area (Å²) in [4.78, 5) is 20.9. The molecule has 0 radical (unpaired) electrons. The van der Waals surface area contributed by atoms with E-state index < -0.39 is 0 Å². The van der Waals surface area contributed by atoms with Crippen molar-refractivity contribution in [3.63, 3.8) is 0 Å². The number of carbonyl (C=O) groups is 2. The minimum Gasteiger partial charge on any atom is -0.428 e. The molecule has 0 rings (SSSR count). The lowest BCUT2D eigenvalue weighted by Crippen LogP contribution is -2.10. The average molecular weight is 598 g/mol. The predicted octanol–water partition coefficient (Wildman–Crippen LogP) is 13.2. The standard InChI is InChI=1S/C7H12O4.C6H13N.C6H14O.C3H8.12CH4/c1-3-6(8)10-5-11-7(9)4-2;1-4-5-7-6(2)3;1-3-5-7-6-4-2;1-3-2;;;;;;;;;;;;/h3-5H2,1-2H3;7H,2,4-5H2,1,3H3;3-6H2,1-2H3;3H2,1-2H3;12*1H4. The number of ether oxygens (including phenoxy) is 3. The molecular formula is C34H95NO5. The largest absolute Gasteiger partial charge is 0.428 e. The van der Waals surface area contributed by atoms with E-state index in [0.29, 0.717) is 12.8 Å². The third-order valence-electron chi connectivity index (χ3n) is 2.39. The summed E-state index contributed by atoms with van der Waals surface area (Å²) in [6.07, 6.45) is 5.29. The highest BCUT2D eigenvalue weighted by molar-refractivity contribution is 5.70. The highest BCUT2D eigenvalue weighted by Gasteiger charge is 2.00. The van der Waals surface area contributed by atoms with Crippen LogP contribution in [-0.4, -0.2) is 38.5 Å². The fraction of sp³-hybridized carbons (Fsp3) is 0.882. The van der Waals surface area contributed by atoms with Crippen molar-refractivity contribution in [1.82, 2.24) is 5.32 Å². The van der Waals surface area contributed by atoms with E-state index >= 15 is 0 Å². The van der Waals surface area contributed by atoms with Crippen molar-refractivity contribution in [3.8, 4) is 0 Å². The summed E-state index contributed by atoms with van der Waals surface area (Å²) in [5.41, 5.74) is 1.06. The zero-order valence-corrected chi connectivity index (χ0v) is 19.8. The highest BCUT2D eigenvalue weighted by Crippen LogP contribution is 1.88. The van der Waals surface area contributed by atoms with Gasteiger partial charge in [-0.2, -0.15) is 0 Å². The van der Waals surface area contributed by atoms with Crippen molar-refractivity contribution < 1.29 is 23.8 Å². The van der Waals surface area contributed by atoms with Gasteiger partial charge in [0.1, 0.15) is 0 Å². The molecule has 40 heavy (non-hydrogen) atoms. The Bertz CT molecular complexity index is 316. The summed E-state index contributed by atoms with van der Waals surface area (Å²) in [5.74, 6) is -0.734. The first kappa shape index (κ1) is 107. The number of hydrogen-bond acceptors (Lipinski definition) is 6. The monoisotopic (exact) mass is 598 g/mol. The molecule has 0 aliphatic carbocycles. The average Bonchev–Trinajstić information content (AvgIpc) is 2.68. The zero-order chi connectivity index (χ0) is 22.6. The summed E-state index contributed by atoms with van der Waals surface area (Å²) < 4.78 is 14.1. The lowest BCUT2D eigenvalue weighted by atomic mass is 10.4. The van der Waals surface area contributed by atoms with Crippen LogP contribution < -0.4 is 5.32 Å². The van der Waals surface area contributed by atoms with Crippen LogP contribution in [-0.2, 0) is 23.8 Å². The van der Waals surface area contributed by atoms with Gasteiger partial charge >= 0.3 is 11.9 Å². The van der Waals surface area contributed by atoms with Crippen LogP contribution in [0.2, 0.25) is 0 Å². The fourth-order valence-electron chi connectivity index (χ4n) is 1.09. The van der Waals surface area contributed by atoms with Crippen LogP contribution in [0.25, 0.3) is 0 Å². The topological polar surface area (TPSA) is 73.9 Å². The fourth-order valence-corrected chi connectivity index (χ4v) is 1.09. The molecule has 0 bridgehead atoms. The van der Waals surface area contributed by atoms with Crippen LogP contribution in [0.15, 0.2) is 12.3 Å². The third-order valence-corrected chi connectivity index (χ3v) is 2.39. The molecular weight excluding hydrogens is 502 g/mol. The van der Waals surface area contributed by atoms with Gasteiger partial charge in [0.15, 0.2) is 0 Å². The Morgan fingerprint density at radius 3 is 1.00 bits per heavy atom. The van der Waals surface area contributed by atoms with Crippen molar-refractivity contribution in [2.75, 3.05) is 26.6 Å². The molecule has 0 aliphatic heterocycles. The molecule has 6 nitrogen and oxygen atoms in total. The van der Waals surface area contributed by atoms with Gasteiger partial charge < -0.3 is 19.5 Å². The van der Waals surface area contributed by atoms with E-state index in [9.17, 15) is 9.59 Å². The molecule has 6 heteroatoms. The normalized spacial score (nSPS) is 6.00. The molecule has 0 aliphatic rings. The van der Waals surface area contributed by atoms with Gasteiger partial charge in [0.05, 0.1) is 0 Å². The second kappa shape index (κ2) is 108. The van der Waals surface area contributed by atoms with Crippen LogP contribution in [0.5, 0.6) is 0 Å². The van der Waals surface area contributed by atoms with Crippen LogP contribution in [0.3, 0.4) is 0 Å². The van der Waals surface area contributed by atoms with Crippen molar-refractivity contribution >= 4 is 11.9 Å². The van der Waals surface area contributed by atoms with Crippen LogP contribution in [0, 0.1) is 0 Å². The molecule has 0 atom stereocenters. The Hall–Kier alpha value is -1.56. The van der Waals surface area contributed by atoms with Gasteiger partial charge in [-0.3, -0.25) is 9.59 Å². The Kier molecular flexibility index (Phi) is 289. The maximum Gasteiger partial charge on any atom is 0.308 e. The van der Waals surface area contributed by atoms with Gasteiger partial charge in [-0.15, -0.1) is 0 Å². The van der Waals surface area contributed by atoms with Crippen molar-refractivity contribution in [2.45, 2.75) is 183 Å². The minimum absolute atomic E-state index is 0. The second-order valence-corrected chi connectivity index (χ2v) is 5.88. The molecule has 0 amide bonds. The molecule has 0 heterocycles. The summed E-state index contributed by atoms with van der Waals surface area (Å²) in [6.45, 7) is 22.3. The Labute approximate surface area is 262 Å². The summed E-state index contributed by atoms with van der Waals surface area (Å²) in [6, 6.07) is 0. The summed E-state index contributed by atoms with van der Waals surface area (Å²) >= 11 is 0. The lowest BCUT2D eigenvalue weighted by Gasteiger charge is -2.02. The van der Waals surface area contributed by atoms with Gasteiger partial charge in [-0.25, -0.2) is 0 Å². The van der Waals surface area contributed by atoms with E-state index in [2.05, 4.69) is 56.0 Å². The first-order valence-electron chi connectivity index (χ1n) is 10.6. The molecule has 0 saturated heterocycles. The first-order chi connectivity index (χ1) is 13.3. The highest BCUT2D eigenvalue weighted by atomic mass is 16.7. The summed E-state index contributed by atoms with van der Waals surface area (Å²) in [7, 11) is 0. The number of nitrogens with one attached hydrogen (secondary N) is 1. The zero-order valence-electron chi connectivity index (χ0n) is 19.8. The molecule has 0 fully saturated rings. The molecule has 1 N–H and O–H groups in total. The maximum absolute atomic E-state index is 10.5. The third kappa shape index (κ3) is 169. The molecule has 0 unspecified atom stereocenters. The SMILES string of the molecule is C.C.C.C.C.C.C.C.C.C.C.C.C=C(C)NCCC.CCC.CCC(=O)OCOC(=O)CC.CCCOCCC. The minimum atomic E-state index is -0.367. The van der Waals surface area contributed by atoms with Crippen LogP contribution in [0.1, 0.15) is 183 Å². The van der Waals surface area contributed by atoms with Gasteiger partial charge in [0.2, 0.25) is 6.79 Å². The smallest absolute Gasteiger partial charge is 0.308 e. The van der Waals surface area contributed by atoms with Gasteiger partial charge in [-0.05, 0) is 26.2 Å². The van der Waals surface area contributed by atoms with E-state index in [-0.39, 0.29) is 108 Å². The Balaban J connectivity index is -0.0000000131. The molecule has 266 valence electrons. The number of carbonyl (C=O) groups excluding carboxylic acids is 2. The second-order valence-electron chi connectivity index (χ2n) is 5.88. The van der Waals surface area contributed by atoms with E-state index in [1.54, 1.807) is 13.8 Å². The first-order valence-corrected chi connectivity index (χ1v) is 10.6. The van der Waals surface area contributed by atoms with Crippen LogP contribution >= 0.6 is 0 Å². The van der Waals surface area contributed by atoms with Gasteiger partial charge in [-0.1, -0.05) is 151 Å². The van der Waals surface area contributed by atoms with Crippen molar-refractivity contribution in [2.24, 2.45) is 0 Å². The maximum atomic E-state index is 10.5. The molecule has 0 aromatic rings.